The highest BCUT2D eigenvalue weighted by Gasteiger charge is 2.12. The quantitative estimate of drug-likeness (QED) is 0.503. The van der Waals surface area contributed by atoms with Crippen LogP contribution in [0.3, 0.4) is 0 Å². The number of benzene rings is 1. The van der Waals surface area contributed by atoms with Crippen LogP contribution in [0.5, 0.6) is 0 Å². The zero-order chi connectivity index (χ0) is 15.2. The van der Waals surface area contributed by atoms with Crippen molar-refractivity contribution < 1.29 is 9.53 Å². The van der Waals surface area contributed by atoms with Crippen molar-refractivity contribution in [3.63, 3.8) is 0 Å². The minimum Gasteiger partial charge on any atom is -0.461 e. The summed E-state index contributed by atoms with van der Waals surface area (Å²) in [5, 5.41) is 4.22. The summed E-state index contributed by atoms with van der Waals surface area (Å²) >= 11 is 0. The molecular weight excluding hydrogens is 266 g/mol. The zero-order valence-corrected chi connectivity index (χ0v) is 12.5. The Bertz CT molecular complexity index is 605. The molecule has 1 aromatic heterocycles. The molecular formula is C16H21N3O2. The number of hydrogen-bond acceptors (Lipinski definition) is 4. The molecule has 0 aliphatic rings. The summed E-state index contributed by atoms with van der Waals surface area (Å²) < 4.78 is 6.80. The summed E-state index contributed by atoms with van der Waals surface area (Å²) in [5.41, 5.74) is 7.54. The second-order valence-electron chi connectivity index (χ2n) is 5.38. The maximum Gasteiger partial charge on any atom is 0.358 e. The van der Waals surface area contributed by atoms with Crippen molar-refractivity contribution in [1.82, 2.24) is 9.78 Å². The number of hydrogen-bond donors (Lipinski definition) is 1. The monoisotopic (exact) mass is 287 g/mol. The molecule has 0 radical (unpaired) electrons. The Morgan fingerprint density at radius 1 is 1.33 bits per heavy atom. The number of para-hydroxylation sites is 2. The number of nitrogens with zero attached hydrogens (tertiary/aromatic N) is 2. The molecule has 112 valence electrons. The maximum absolute atomic E-state index is 11.9. The van der Waals surface area contributed by atoms with E-state index in [1.807, 2.05) is 18.2 Å². The van der Waals surface area contributed by atoms with Gasteiger partial charge in [-0.15, -0.1) is 0 Å². The van der Waals surface area contributed by atoms with Gasteiger partial charge in [-0.2, -0.15) is 5.10 Å². The molecule has 1 aromatic carbocycles. The summed E-state index contributed by atoms with van der Waals surface area (Å²) in [6, 6.07) is 9.00. The summed E-state index contributed by atoms with van der Waals surface area (Å²) in [6.07, 6.45) is 3.62. The van der Waals surface area contributed by atoms with Crippen molar-refractivity contribution in [1.29, 1.82) is 0 Å². The van der Waals surface area contributed by atoms with Crippen LogP contribution in [-0.2, 0) is 4.74 Å². The fourth-order valence-corrected chi connectivity index (χ4v) is 1.99. The Kier molecular flexibility index (Phi) is 4.98. The Morgan fingerprint density at radius 2 is 2.10 bits per heavy atom. The Hall–Kier alpha value is -2.30. The van der Waals surface area contributed by atoms with Crippen molar-refractivity contribution in [2.75, 3.05) is 12.3 Å². The van der Waals surface area contributed by atoms with Crippen LogP contribution < -0.4 is 5.73 Å². The van der Waals surface area contributed by atoms with Crippen LogP contribution >= 0.6 is 0 Å². The van der Waals surface area contributed by atoms with Crippen molar-refractivity contribution in [2.45, 2.75) is 26.7 Å². The third-order valence-corrected chi connectivity index (χ3v) is 3.14. The van der Waals surface area contributed by atoms with E-state index in [0.29, 0.717) is 23.9 Å². The Morgan fingerprint density at radius 3 is 2.81 bits per heavy atom. The predicted molar refractivity (Wildman–Crippen MR) is 82.3 cm³/mol. The second-order valence-corrected chi connectivity index (χ2v) is 5.38. The first-order valence-corrected chi connectivity index (χ1v) is 7.15. The number of aromatic nitrogens is 2. The first kappa shape index (κ1) is 15.1. The summed E-state index contributed by atoms with van der Waals surface area (Å²) in [6.45, 7) is 4.72. The molecule has 1 heterocycles. The number of ether oxygens (including phenoxy) is 1. The molecule has 21 heavy (non-hydrogen) atoms. The lowest BCUT2D eigenvalue weighted by Gasteiger charge is -2.06. The predicted octanol–water partition coefficient (Wildman–Crippen LogP) is 3.05. The van der Waals surface area contributed by atoms with E-state index in [1.165, 1.54) is 0 Å². The lowest BCUT2D eigenvalue weighted by Crippen LogP contribution is -2.09. The van der Waals surface area contributed by atoms with Gasteiger partial charge in [0.25, 0.3) is 0 Å². The topological polar surface area (TPSA) is 70.1 Å². The van der Waals surface area contributed by atoms with E-state index < -0.39 is 5.97 Å². The van der Waals surface area contributed by atoms with Gasteiger partial charge in [-0.1, -0.05) is 26.0 Å². The number of nitrogen functional groups attached to an aromatic ring is 1. The van der Waals surface area contributed by atoms with Gasteiger partial charge in [0.1, 0.15) is 0 Å². The van der Waals surface area contributed by atoms with E-state index in [4.69, 9.17) is 10.5 Å². The van der Waals surface area contributed by atoms with Crippen molar-refractivity contribution >= 4 is 11.7 Å². The van der Waals surface area contributed by atoms with Crippen molar-refractivity contribution in [3.8, 4) is 5.69 Å². The largest absolute Gasteiger partial charge is 0.461 e. The van der Waals surface area contributed by atoms with Gasteiger partial charge in [0.15, 0.2) is 5.69 Å². The van der Waals surface area contributed by atoms with Gasteiger partial charge in [-0.25, -0.2) is 9.48 Å². The molecule has 0 saturated carbocycles. The van der Waals surface area contributed by atoms with Crippen LogP contribution in [0.25, 0.3) is 5.69 Å². The number of carbonyl (C=O) groups is 1. The molecule has 0 saturated heterocycles. The molecule has 0 fully saturated rings. The highest BCUT2D eigenvalue weighted by molar-refractivity contribution is 5.87. The molecule has 0 unspecified atom stereocenters. The molecule has 2 N–H and O–H groups in total. The third kappa shape index (κ3) is 4.08. The third-order valence-electron chi connectivity index (χ3n) is 3.14. The van der Waals surface area contributed by atoms with Crippen LogP contribution in [0.15, 0.2) is 36.5 Å². The van der Waals surface area contributed by atoms with Crippen LogP contribution in [0, 0.1) is 5.92 Å². The standard InChI is InChI=1S/C16H21N3O2/c1-12(2)6-5-11-21-16(20)14-9-10-19(18-14)15-8-4-3-7-13(15)17/h3-4,7-10,12H,5-6,11,17H2,1-2H3. The lowest BCUT2D eigenvalue weighted by molar-refractivity contribution is 0.0487. The number of esters is 1. The van der Waals surface area contributed by atoms with Crippen LogP contribution in [0.1, 0.15) is 37.2 Å². The summed E-state index contributed by atoms with van der Waals surface area (Å²) in [5.74, 6) is 0.218. The first-order chi connectivity index (χ1) is 10.1. The van der Waals surface area contributed by atoms with E-state index in [1.54, 1.807) is 23.0 Å². The minimum atomic E-state index is -0.396. The fraction of sp³-hybridized carbons (Fsp3) is 0.375. The van der Waals surface area contributed by atoms with Crippen LogP contribution in [0.4, 0.5) is 5.69 Å². The Labute approximate surface area is 124 Å². The van der Waals surface area contributed by atoms with E-state index in [2.05, 4.69) is 18.9 Å². The van der Waals surface area contributed by atoms with E-state index in [0.717, 1.165) is 18.5 Å². The van der Waals surface area contributed by atoms with E-state index in [-0.39, 0.29) is 0 Å². The molecule has 0 atom stereocenters. The van der Waals surface area contributed by atoms with Gasteiger partial charge < -0.3 is 10.5 Å². The molecule has 0 aliphatic carbocycles. The summed E-state index contributed by atoms with van der Waals surface area (Å²) in [7, 11) is 0. The smallest absolute Gasteiger partial charge is 0.358 e. The fourth-order valence-electron chi connectivity index (χ4n) is 1.99. The highest BCUT2D eigenvalue weighted by Crippen LogP contribution is 2.16. The van der Waals surface area contributed by atoms with Crippen molar-refractivity contribution in [3.05, 3.63) is 42.2 Å². The number of nitrogens with two attached hydrogens (primary N) is 1. The number of anilines is 1. The number of carbonyl (C=O) groups excluding carboxylic acids is 1. The van der Waals surface area contributed by atoms with Gasteiger partial charge in [-0.3, -0.25) is 0 Å². The van der Waals surface area contributed by atoms with Crippen molar-refractivity contribution in [2.24, 2.45) is 5.92 Å². The van der Waals surface area contributed by atoms with Gasteiger partial charge >= 0.3 is 5.97 Å². The zero-order valence-electron chi connectivity index (χ0n) is 12.5. The molecule has 2 rings (SSSR count). The minimum absolute atomic E-state index is 0.294. The normalized spacial score (nSPS) is 10.8. The van der Waals surface area contributed by atoms with Gasteiger partial charge in [0.2, 0.25) is 0 Å². The lowest BCUT2D eigenvalue weighted by atomic mass is 10.1. The SMILES string of the molecule is CC(C)CCCOC(=O)c1ccn(-c2ccccc2N)n1. The van der Waals surface area contributed by atoms with Crippen LogP contribution in [-0.4, -0.2) is 22.4 Å². The first-order valence-electron chi connectivity index (χ1n) is 7.15. The molecule has 5 nitrogen and oxygen atoms in total. The van der Waals surface area contributed by atoms with Crippen LogP contribution in [0.2, 0.25) is 0 Å². The number of rotatable bonds is 6. The Balaban J connectivity index is 1.97. The van der Waals surface area contributed by atoms with Gasteiger partial charge in [-0.05, 0) is 37.0 Å². The maximum atomic E-state index is 11.9. The molecule has 0 spiro atoms. The molecule has 0 bridgehead atoms. The molecule has 2 aromatic rings. The second kappa shape index (κ2) is 6.92. The average Bonchev–Trinajstić information content (AvgIpc) is 2.93. The average molecular weight is 287 g/mol. The van der Waals surface area contributed by atoms with Gasteiger partial charge in [0.05, 0.1) is 18.0 Å². The molecule has 5 heteroatoms. The van der Waals surface area contributed by atoms with E-state index >= 15 is 0 Å². The molecule has 0 aliphatic heterocycles. The molecule has 0 amide bonds. The highest BCUT2D eigenvalue weighted by atomic mass is 16.5. The van der Waals surface area contributed by atoms with E-state index in [9.17, 15) is 4.79 Å². The summed E-state index contributed by atoms with van der Waals surface area (Å²) in [4.78, 5) is 11.9. The van der Waals surface area contributed by atoms with Gasteiger partial charge in [0, 0.05) is 6.20 Å².